The Hall–Kier alpha value is -1.03. The third kappa shape index (κ3) is 2.07. The van der Waals surface area contributed by atoms with Crippen LogP contribution < -0.4 is 5.73 Å². The number of hydrogen-bond acceptors (Lipinski definition) is 4. The average molecular weight is 209 g/mol. The molecule has 0 saturated carbocycles. The Morgan fingerprint density at radius 1 is 1.43 bits per heavy atom. The highest BCUT2D eigenvalue weighted by molar-refractivity contribution is 7.79. The molecule has 4 heteroatoms. The van der Waals surface area contributed by atoms with E-state index in [0.717, 1.165) is 17.9 Å². The molecular weight excluding hydrogens is 194 g/mol. The van der Waals surface area contributed by atoms with Crippen LogP contribution in [0.4, 0.5) is 5.69 Å². The van der Waals surface area contributed by atoms with Crippen molar-refractivity contribution in [1.82, 2.24) is 9.97 Å². The van der Waals surface area contributed by atoms with Crippen molar-refractivity contribution < 1.29 is 0 Å². The Morgan fingerprint density at radius 3 is 2.50 bits per heavy atom. The van der Waals surface area contributed by atoms with E-state index in [1.165, 1.54) is 5.37 Å². The molecule has 0 saturated heterocycles. The van der Waals surface area contributed by atoms with Crippen LogP contribution in [0, 0.1) is 0 Å². The average Bonchev–Trinajstić information content (AvgIpc) is 2.17. The van der Waals surface area contributed by atoms with Crippen LogP contribution in [0.2, 0.25) is 0 Å². The van der Waals surface area contributed by atoms with Gasteiger partial charge in [-0.25, -0.2) is 9.97 Å². The molecule has 0 aliphatic rings. The maximum Gasteiger partial charge on any atom is 0.131 e. The van der Waals surface area contributed by atoms with Crippen molar-refractivity contribution in [2.24, 2.45) is 0 Å². The van der Waals surface area contributed by atoms with Gasteiger partial charge in [-0.1, -0.05) is 33.0 Å². The summed E-state index contributed by atoms with van der Waals surface area (Å²) in [5.41, 5.74) is 8.03. The summed E-state index contributed by atoms with van der Waals surface area (Å²) in [6.07, 6.45) is 0.810. The minimum atomic E-state index is 0.301. The van der Waals surface area contributed by atoms with Gasteiger partial charge in [0.1, 0.15) is 11.5 Å². The first-order valence-electron chi connectivity index (χ1n) is 4.71. The molecule has 0 radical (unpaired) electrons. The second-order valence-electron chi connectivity index (χ2n) is 3.45. The van der Waals surface area contributed by atoms with Crippen molar-refractivity contribution in [1.29, 1.82) is 0 Å². The first-order chi connectivity index (χ1) is 6.60. The third-order valence-corrected chi connectivity index (χ3v) is 2.26. The molecule has 0 amide bonds. The zero-order valence-corrected chi connectivity index (χ0v) is 9.56. The molecule has 3 nitrogen and oxygen atoms in total. The van der Waals surface area contributed by atoms with Crippen molar-refractivity contribution >= 4 is 23.3 Å². The number of hydrogen-bond donors (Lipinski definition) is 1. The van der Waals surface area contributed by atoms with E-state index in [1.807, 2.05) is 6.92 Å². The van der Waals surface area contributed by atoms with Gasteiger partial charge in [0.2, 0.25) is 0 Å². The predicted octanol–water partition coefficient (Wildman–Crippen LogP) is 2.09. The first-order valence-corrected chi connectivity index (χ1v) is 5.18. The van der Waals surface area contributed by atoms with Crippen molar-refractivity contribution in [3.63, 3.8) is 0 Å². The number of thiocarbonyl (C=S) groups is 1. The van der Waals surface area contributed by atoms with Crippen molar-refractivity contribution in [3.8, 4) is 0 Å². The molecule has 14 heavy (non-hydrogen) atoms. The summed E-state index contributed by atoms with van der Waals surface area (Å²) >= 11 is 4.86. The van der Waals surface area contributed by atoms with Crippen LogP contribution in [0.5, 0.6) is 0 Å². The van der Waals surface area contributed by atoms with Crippen LogP contribution in [0.15, 0.2) is 0 Å². The van der Waals surface area contributed by atoms with Gasteiger partial charge in [-0.05, 0) is 6.42 Å². The predicted molar refractivity (Wildman–Crippen MR) is 62.7 cm³/mol. The normalized spacial score (nSPS) is 10.6. The van der Waals surface area contributed by atoms with Gasteiger partial charge in [0.15, 0.2) is 0 Å². The molecule has 1 aromatic heterocycles. The molecule has 0 unspecified atom stereocenters. The lowest BCUT2D eigenvalue weighted by Crippen LogP contribution is -2.09. The molecule has 0 fully saturated rings. The highest BCUT2D eigenvalue weighted by Crippen LogP contribution is 2.17. The molecule has 0 aliphatic carbocycles. The topological polar surface area (TPSA) is 51.8 Å². The van der Waals surface area contributed by atoms with Crippen LogP contribution >= 0.6 is 12.2 Å². The van der Waals surface area contributed by atoms with Gasteiger partial charge in [-0.15, -0.1) is 0 Å². The molecule has 76 valence electrons. The molecule has 0 atom stereocenters. The second kappa shape index (κ2) is 4.46. The Morgan fingerprint density at radius 2 is 2.07 bits per heavy atom. The SMILES string of the molecule is CCc1nc(C(C)C)nc(C=S)c1N. The number of nitrogens with two attached hydrogens (primary N) is 1. The molecule has 2 N–H and O–H groups in total. The number of anilines is 1. The summed E-state index contributed by atoms with van der Waals surface area (Å²) in [7, 11) is 0. The number of nitrogen functional groups attached to an aromatic ring is 1. The third-order valence-electron chi connectivity index (χ3n) is 2.03. The van der Waals surface area contributed by atoms with Crippen LogP contribution in [-0.4, -0.2) is 15.3 Å². The lowest BCUT2D eigenvalue weighted by molar-refractivity contribution is 0.759. The van der Waals surface area contributed by atoms with Crippen molar-refractivity contribution in [3.05, 3.63) is 17.2 Å². The van der Waals surface area contributed by atoms with E-state index in [-0.39, 0.29) is 0 Å². The van der Waals surface area contributed by atoms with Crippen LogP contribution in [-0.2, 0) is 6.42 Å². The van der Waals surface area contributed by atoms with E-state index in [9.17, 15) is 0 Å². The second-order valence-corrected chi connectivity index (χ2v) is 3.69. The quantitative estimate of drug-likeness (QED) is 0.774. The van der Waals surface area contributed by atoms with E-state index < -0.39 is 0 Å². The summed E-state index contributed by atoms with van der Waals surface area (Å²) in [6.45, 7) is 6.13. The Bertz CT molecular complexity index is 347. The molecule has 1 rings (SSSR count). The summed E-state index contributed by atoms with van der Waals surface area (Å²) in [5, 5.41) is 1.52. The lowest BCUT2D eigenvalue weighted by atomic mass is 10.1. The largest absolute Gasteiger partial charge is 0.395 e. The highest BCUT2D eigenvalue weighted by Gasteiger charge is 2.10. The Balaban J connectivity index is 3.31. The van der Waals surface area contributed by atoms with Gasteiger partial charge in [0, 0.05) is 11.3 Å². The van der Waals surface area contributed by atoms with Gasteiger partial charge in [-0.2, -0.15) is 0 Å². The van der Waals surface area contributed by atoms with Gasteiger partial charge < -0.3 is 5.73 Å². The molecule has 0 bridgehead atoms. The smallest absolute Gasteiger partial charge is 0.131 e. The maximum atomic E-state index is 5.85. The summed E-state index contributed by atoms with van der Waals surface area (Å²) in [5.74, 6) is 1.11. The number of nitrogens with zero attached hydrogens (tertiary/aromatic N) is 2. The molecule has 1 aromatic rings. The molecule has 1 heterocycles. The number of aryl methyl sites for hydroxylation is 1. The van der Waals surface area contributed by atoms with Crippen molar-refractivity contribution in [2.75, 3.05) is 5.73 Å². The highest BCUT2D eigenvalue weighted by atomic mass is 32.1. The zero-order valence-electron chi connectivity index (χ0n) is 8.74. The van der Waals surface area contributed by atoms with E-state index >= 15 is 0 Å². The van der Waals surface area contributed by atoms with E-state index in [1.54, 1.807) is 0 Å². The monoisotopic (exact) mass is 209 g/mol. The Kier molecular flexibility index (Phi) is 3.52. The fraction of sp³-hybridized carbons (Fsp3) is 0.500. The first kappa shape index (κ1) is 11.0. The van der Waals surface area contributed by atoms with E-state index in [2.05, 4.69) is 23.8 Å². The maximum absolute atomic E-state index is 5.85. The standard InChI is InChI=1S/C10H15N3S/c1-4-7-9(11)8(5-14)13-10(12-7)6(2)3/h5-6H,4,11H2,1-3H3. The fourth-order valence-electron chi connectivity index (χ4n) is 1.17. The number of rotatable bonds is 3. The van der Waals surface area contributed by atoms with E-state index in [4.69, 9.17) is 18.0 Å². The van der Waals surface area contributed by atoms with Gasteiger partial charge in [0.25, 0.3) is 0 Å². The fourth-order valence-corrected chi connectivity index (χ4v) is 1.35. The summed E-state index contributed by atoms with van der Waals surface area (Å²) < 4.78 is 0. The molecule has 0 spiro atoms. The van der Waals surface area contributed by atoms with Crippen LogP contribution in [0.1, 0.15) is 43.9 Å². The van der Waals surface area contributed by atoms with Crippen LogP contribution in [0.3, 0.4) is 0 Å². The Labute approximate surface area is 89.8 Å². The zero-order chi connectivity index (χ0) is 10.7. The molecule has 0 aromatic carbocycles. The molecule has 0 aliphatic heterocycles. The summed E-state index contributed by atoms with van der Waals surface area (Å²) in [4.78, 5) is 8.70. The van der Waals surface area contributed by atoms with Gasteiger partial charge in [-0.3, -0.25) is 0 Å². The minimum absolute atomic E-state index is 0.301. The van der Waals surface area contributed by atoms with Gasteiger partial charge >= 0.3 is 0 Å². The minimum Gasteiger partial charge on any atom is -0.395 e. The molecular formula is C10H15N3S. The van der Waals surface area contributed by atoms with E-state index in [0.29, 0.717) is 17.3 Å². The number of aromatic nitrogens is 2. The van der Waals surface area contributed by atoms with Crippen LogP contribution in [0.25, 0.3) is 0 Å². The summed E-state index contributed by atoms with van der Waals surface area (Å²) in [6, 6.07) is 0. The van der Waals surface area contributed by atoms with Crippen molar-refractivity contribution in [2.45, 2.75) is 33.1 Å². The van der Waals surface area contributed by atoms with Gasteiger partial charge in [0.05, 0.1) is 11.4 Å². The lowest BCUT2D eigenvalue weighted by Gasteiger charge is -2.10.